The maximum atomic E-state index is 12.2. The number of rotatable bonds is 6. The Morgan fingerprint density at radius 2 is 2.05 bits per heavy atom. The van der Waals surface area contributed by atoms with E-state index in [1.54, 1.807) is 6.92 Å². The molecule has 0 aliphatic heterocycles. The van der Waals surface area contributed by atoms with Crippen molar-refractivity contribution in [2.45, 2.75) is 23.1 Å². The van der Waals surface area contributed by atoms with Crippen LogP contribution in [0.1, 0.15) is 17.3 Å². The number of nitrogen functional groups attached to an aromatic ring is 1. The summed E-state index contributed by atoms with van der Waals surface area (Å²) in [5, 5.41) is 11.8. The van der Waals surface area contributed by atoms with Crippen LogP contribution < -0.4 is 11.1 Å². The highest BCUT2D eigenvalue weighted by Crippen LogP contribution is 2.17. The van der Waals surface area contributed by atoms with E-state index >= 15 is 0 Å². The van der Waals surface area contributed by atoms with E-state index in [1.165, 1.54) is 30.0 Å². The molecule has 0 saturated heterocycles. The van der Waals surface area contributed by atoms with Gasteiger partial charge in [-0.05, 0) is 31.4 Å². The number of carbonyl (C=O) groups is 1. The Bertz CT molecular complexity index is 613. The molecule has 8 heteroatoms. The maximum absolute atomic E-state index is 12.2. The molecule has 1 rings (SSSR count). The molecular weight excluding hydrogens is 312 g/mol. The van der Waals surface area contributed by atoms with Gasteiger partial charge in [0.05, 0.1) is 11.5 Å². The first-order valence-electron chi connectivity index (χ1n) is 6.24. The second kappa shape index (κ2) is 7.15. The SMILES string of the molecule is CSC(CO)C(C)NC(=O)c1cc(N)cc(S(C)(=O)=O)c1. The van der Waals surface area contributed by atoms with Crippen molar-refractivity contribution in [2.75, 3.05) is 24.9 Å². The summed E-state index contributed by atoms with van der Waals surface area (Å²) in [6, 6.07) is 3.76. The number of benzene rings is 1. The highest BCUT2D eigenvalue weighted by atomic mass is 32.2. The Balaban J connectivity index is 3.01. The summed E-state index contributed by atoms with van der Waals surface area (Å²) in [7, 11) is -3.44. The Hall–Kier alpha value is -1.25. The van der Waals surface area contributed by atoms with Crippen molar-refractivity contribution in [1.29, 1.82) is 0 Å². The topological polar surface area (TPSA) is 109 Å². The molecule has 4 N–H and O–H groups in total. The molecule has 1 amide bonds. The number of thioether (sulfide) groups is 1. The van der Waals surface area contributed by atoms with Crippen LogP contribution in [-0.4, -0.2) is 49.8 Å². The molecule has 0 saturated carbocycles. The van der Waals surface area contributed by atoms with Crippen molar-refractivity contribution in [3.63, 3.8) is 0 Å². The molecular formula is C13H20N2O4S2. The molecule has 6 nitrogen and oxygen atoms in total. The molecule has 21 heavy (non-hydrogen) atoms. The van der Waals surface area contributed by atoms with Gasteiger partial charge in [-0.25, -0.2) is 8.42 Å². The van der Waals surface area contributed by atoms with Gasteiger partial charge in [0.2, 0.25) is 0 Å². The summed E-state index contributed by atoms with van der Waals surface area (Å²) < 4.78 is 23.1. The van der Waals surface area contributed by atoms with Crippen LogP contribution in [0.5, 0.6) is 0 Å². The van der Waals surface area contributed by atoms with E-state index in [1.807, 2.05) is 6.26 Å². The van der Waals surface area contributed by atoms with Crippen molar-refractivity contribution in [3.8, 4) is 0 Å². The number of amides is 1. The molecule has 2 unspecified atom stereocenters. The minimum absolute atomic E-state index is 0.00359. The van der Waals surface area contributed by atoms with E-state index in [9.17, 15) is 18.3 Å². The predicted molar refractivity (Wildman–Crippen MR) is 85.3 cm³/mol. The first-order chi connectivity index (χ1) is 9.68. The second-order valence-electron chi connectivity index (χ2n) is 4.78. The lowest BCUT2D eigenvalue weighted by Crippen LogP contribution is -2.41. The number of anilines is 1. The standard InChI is InChI=1S/C13H20N2O4S2/c1-8(12(7-16)20-2)15-13(17)9-4-10(14)6-11(5-9)21(3,18)19/h4-6,8,12,16H,7,14H2,1-3H3,(H,15,17). The highest BCUT2D eigenvalue weighted by Gasteiger charge is 2.19. The third-order valence-corrected chi connectivity index (χ3v) is 5.27. The molecule has 0 aromatic heterocycles. The van der Waals surface area contributed by atoms with Gasteiger partial charge in [-0.2, -0.15) is 11.8 Å². The highest BCUT2D eigenvalue weighted by molar-refractivity contribution is 7.99. The Morgan fingerprint density at radius 1 is 1.43 bits per heavy atom. The van der Waals surface area contributed by atoms with Gasteiger partial charge in [0.15, 0.2) is 9.84 Å². The summed E-state index contributed by atoms with van der Waals surface area (Å²) >= 11 is 1.44. The zero-order chi connectivity index (χ0) is 16.2. The molecule has 0 heterocycles. The fourth-order valence-electron chi connectivity index (χ4n) is 1.79. The molecule has 1 aromatic rings. The van der Waals surface area contributed by atoms with E-state index in [0.29, 0.717) is 0 Å². The lowest BCUT2D eigenvalue weighted by molar-refractivity contribution is 0.0935. The quantitative estimate of drug-likeness (QED) is 0.655. The van der Waals surface area contributed by atoms with Crippen LogP contribution in [0, 0.1) is 0 Å². The van der Waals surface area contributed by atoms with Crippen molar-refractivity contribution in [1.82, 2.24) is 5.32 Å². The molecule has 0 aliphatic rings. The van der Waals surface area contributed by atoms with Crippen molar-refractivity contribution in [2.24, 2.45) is 0 Å². The minimum Gasteiger partial charge on any atom is -0.399 e. The third kappa shape index (κ3) is 4.90. The van der Waals surface area contributed by atoms with E-state index in [2.05, 4.69) is 5.32 Å². The van der Waals surface area contributed by atoms with E-state index in [0.717, 1.165) is 6.26 Å². The van der Waals surface area contributed by atoms with Crippen molar-refractivity contribution < 1.29 is 18.3 Å². The van der Waals surface area contributed by atoms with Crippen LogP contribution in [0.4, 0.5) is 5.69 Å². The lowest BCUT2D eigenvalue weighted by Gasteiger charge is -2.21. The number of carbonyl (C=O) groups excluding carboxylic acids is 1. The number of aliphatic hydroxyl groups excluding tert-OH is 1. The van der Waals surface area contributed by atoms with Gasteiger partial charge < -0.3 is 16.2 Å². The molecule has 0 fully saturated rings. The second-order valence-corrected chi connectivity index (χ2v) is 7.87. The van der Waals surface area contributed by atoms with Crippen LogP contribution in [0.3, 0.4) is 0 Å². The van der Waals surface area contributed by atoms with Gasteiger partial charge in [0.25, 0.3) is 5.91 Å². The summed E-state index contributed by atoms with van der Waals surface area (Å²) in [5.41, 5.74) is 6.04. The number of aliphatic hydroxyl groups is 1. The largest absolute Gasteiger partial charge is 0.399 e. The molecule has 0 bridgehead atoms. The van der Waals surface area contributed by atoms with Crippen LogP contribution in [0.2, 0.25) is 0 Å². The number of hydrogen-bond acceptors (Lipinski definition) is 6. The van der Waals surface area contributed by atoms with Gasteiger partial charge in [0, 0.05) is 28.8 Å². The van der Waals surface area contributed by atoms with Gasteiger partial charge in [-0.1, -0.05) is 0 Å². The summed E-state index contributed by atoms with van der Waals surface area (Å²) in [5.74, 6) is -0.424. The minimum atomic E-state index is -3.44. The van der Waals surface area contributed by atoms with Gasteiger partial charge >= 0.3 is 0 Å². The first kappa shape index (κ1) is 17.8. The Labute approximate surface area is 129 Å². The number of nitrogens with two attached hydrogens (primary N) is 1. The molecule has 2 atom stereocenters. The predicted octanol–water partition coefficient (Wildman–Crippen LogP) is 0.514. The maximum Gasteiger partial charge on any atom is 0.251 e. The Morgan fingerprint density at radius 3 is 2.52 bits per heavy atom. The van der Waals surface area contributed by atoms with Crippen molar-refractivity contribution in [3.05, 3.63) is 23.8 Å². The fraction of sp³-hybridized carbons (Fsp3) is 0.462. The van der Waals surface area contributed by atoms with Crippen LogP contribution in [0.25, 0.3) is 0 Å². The number of nitrogens with one attached hydrogen (secondary N) is 1. The lowest BCUT2D eigenvalue weighted by atomic mass is 10.1. The Kier molecular flexibility index (Phi) is 6.06. The molecule has 0 radical (unpaired) electrons. The van der Waals surface area contributed by atoms with Crippen LogP contribution in [-0.2, 0) is 9.84 Å². The fourth-order valence-corrected chi connectivity index (χ4v) is 3.10. The molecule has 0 spiro atoms. The third-order valence-electron chi connectivity index (χ3n) is 3.02. The van der Waals surface area contributed by atoms with Crippen LogP contribution in [0.15, 0.2) is 23.1 Å². The summed E-state index contributed by atoms with van der Waals surface area (Å²) in [6.07, 6.45) is 2.90. The van der Waals surface area contributed by atoms with Gasteiger partial charge in [-0.3, -0.25) is 4.79 Å². The van der Waals surface area contributed by atoms with Gasteiger partial charge in [0.1, 0.15) is 0 Å². The summed E-state index contributed by atoms with van der Waals surface area (Å²) in [4.78, 5) is 12.2. The van der Waals surface area contributed by atoms with Gasteiger partial charge in [-0.15, -0.1) is 0 Å². The average molecular weight is 332 g/mol. The van der Waals surface area contributed by atoms with E-state index in [4.69, 9.17) is 5.73 Å². The number of hydrogen-bond donors (Lipinski definition) is 3. The smallest absolute Gasteiger partial charge is 0.251 e. The van der Waals surface area contributed by atoms with E-state index in [-0.39, 0.29) is 34.0 Å². The van der Waals surface area contributed by atoms with E-state index < -0.39 is 15.7 Å². The average Bonchev–Trinajstić information content (AvgIpc) is 2.38. The van der Waals surface area contributed by atoms with Crippen molar-refractivity contribution >= 4 is 33.2 Å². The number of sulfone groups is 1. The first-order valence-corrected chi connectivity index (χ1v) is 9.42. The molecule has 0 aliphatic carbocycles. The monoisotopic (exact) mass is 332 g/mol. The normalized spacial score (nSPS) is 14.5. The van der Waals surface area contributed by atoms with Crippen LogP contribution >= 0.6 is 11.8 Å². The molecule has 118 valence electrons. The molecule has 1 aromatic carbocycles. The zero-order valence-electron chi connectivity index (χ0n) is 12.2. The summed E-state index contributed by atoms with van der Waals surface area (Å²) in [6.45, 7) is 1.72. The zero-order valence-corrected chi connectivity index (χ0v) is 13.8.